The molecule has 1 aliphatic rings. The van der Waals surface area contributed by atoms with Crippen LogP contribution in [0.15, 0.2) is 48.5 Å². The van der Waals surface area contributed by atoms with Gasteiger partial charge in [-0.2, -0.15) is 0 Å². The number of hydrogen-bond donors (Lipinski definition) is 0. The molecule has 3 heteroatoms. The highest BCUT2D eigenvalue weighted by atomic mass is 16.5. The molecule has 3 nitrogen and oxygen atoms in total. The number of amides is 1. The summed E-state index contributed by atoms with van der Waals surface area (Å²) in [6.45, 7) is 1.37. The first-order valence-corrected chi connectivity index (χ1v) is 7.28. The fraction of sp³-hybridized carbons (Fsp3) is 0.211. The third-order valence-corrected chi connectivity index (χ3v) is 3.80. The van der Waals surface area contributed by atoms with E-state index >= 15 is 0 Å². The van der Waals surface area contributed by atoms with Gasteiger partial charge in [-0.3, -0.25) is 4.79 Å². The van der Waals surface area contributed by atoms with E-state index in [1.807, 2.05) is 36.4 Å². The Morgan fingerprint density at radius 2 is 1.95 bits per heavy atom. The highest BCUT2D eigenvalue weighted by Crippen LogP contribution is 2.18. The minimum absolute atomic E-state index is 0.127. The molecule has 0 bridgehead atoms. The summed E-state index contributed by atoms with van der Waals surface area (Å²) in [6, 6.07) is 15.7. The number of hydrogen-bond acceptors (Lipinski definition) is 2. The van der Waals surface area contributed by atoms with Crippen molar-refractivity contribution in [2.75, 3.05) is 13.7 Å². The molecule has 1 heterocycles. The lowest BCUT2D eigenvalue weighted by molar-refractivity contribution is -0.125. The third kappa shape index (κ3) is 3.12. The van der Waals surface area contributed by atoms with Gasteiger partial charge in [-0.15, -0.1) is 0 Å². The van der Waals surface area contributed by atoms with Gasteiger partial charge in [-0.05, 0) is 35.7 Å². The van der Waals surface area contributed by atoms with E-state index in [-0.39, 0.29) is 5.91 Å². The Morgan fingerprint density at radius 3 is 2.77 bits per heavy atom. The zero-order chi connectivity index (χ0) is 15.4. The average Bonchev–Trinajstić information content (AvgIpc) is 2.59. The van der Waals surface area contributed by atoms with E-state index in [4.69, 9.17) is 4.74 Å². The molecule has 110 valence electrons. The maximum atomic E-state index is 12.3. The predicted molar refractivity (Wildman–Crippen MR) is 85.4 cm³/mol. The van der Waals surface area contributed by atoms with E-state index in [0.29, 0.717) is 6.54 Å². The van der Waals surface area contributed by atoms with Crippen LogP contribution in [0.5, 0.6) is 5.75 Å². The Balaban J connectivity index is 1.72. The average molecular weight is 291 g/mol. The van der Waals surface area contributed by atoms with Gasteiger partial charge in [0.05, 0.1) is 7.11 Å². The molecular weight excluding hydrogens is 274 g/mol. The lowest BCUT2D eigenvalue weighted by Crippen LogP contribution is -2.35. The maximum absolute atomic E-state index is 12.3. The first-order valence-electron chi connectivity index (χ1n) is 7.28. The molecule has 1 amide bonds. The van der Waals surface area contributed by atoms with Gasteiger partial charge in [0.1, 0.15) is 5.75 Å². The molecule has 2 aromatic rings. The molecule has 0 radical (unpaired) electrons. The quantitative estimate of drug-likeness (QED) is 0.756. The molecule has 0 saturated carbocycles. The lowest BCUT2D eigenvalue weighted by Gasteiger charge is -2.27. The van der Waals surface area contributed by atoms with Gasteiger partial charge in [-0.1, -0.05) is 36.3 Å². The predicted octanol–water partition coefficient (Wildman–Crippen LogP) is 2.63. The number of methoxy groups -OCH3 is 1. The minimum Gasteiger partial charge on any atom is -0.497 e. The Morgan fingerprint density at radius 1 is 1.14 bits per heavy atom. The second kappa shape index (κ2) is 6.36. The van der Waals surface area contributed by atoms with Gasteiger partial charge in [-0.25, -0.2) is 0 Å². The molecule has 0 atom stereocenters. The van der Waals surface area contributed by atoms with Crippen LogP contribution in [-0.4, -0.2) is 24.5 Å². The van der Waals surface area contributed by atoms with Gasteiger partial charge in [0.2, 0.25) is 0 Å². The molecule has 2 aromatic carbocycles. The van der Waals surface area contributed by atoms with E-state index in [1.54, 1.807) is 12.0 Å². The van der Waals surface area contributed by atoms with Crippen LogP contribution < -0.4 is 4.74 Å². The molecule has 0 aliphatic carbocycles. The summed E-state index contributed by atoms with van der Waals surface area (Å²) in [4.78, 5) is 14.1. The van der Waals surface area contributed by atoms with Crippen LogP contribution in [0.4, 0.5) is 0 Å². The molecule has 0 unspecified atom stereocenters. The van der Waals surface area contributed by atoms with Gasteiger partial charge >= 0.3 is 0 Å². The number of carbonyl (C=O) groups excluding carboxylic acids is 1. The molecule has 0 aromatic heterocycles. The zero-order valence-corrected chi connectivity index (χ0v) is 12.5. The first kappa shape index (κ1) is 14.2. The summed E-state index contributed by atoms with van der Waals surface area (Å²) >= 11 is 0. The van der Waals surface area contributed by atoms with Gasteiger partial charge in [0.15, 0.2) is 0 Å². The van der Waals surface area contributed by atoms with E-state index in [9.17, 15) is 4.79 Å². The Labute approximate surface area is 130 Å². The second-order valence-corrected chi connectivity index (χ2v) is 5.23. The monoisotopic (exact) mass is 291 g/mol. The van der Waals surface area contributed by atoms with Crippen molar-refractivity contribution >= 4 is 5.91 Å². The number of ether oxygens (including phenoxy) is 1. The van der Waals surface area contributed by atoms with Crippen LogP contribution in [0.1, 0.15) is 16.7 Å². The van der Waals surface area contributed by atoms with E-state index in [0.717, 1.165) is 24.3 Å². The van der Waals surface area contributed by atoms with Crippen LogP contribution in [0.2, 0.25) is 0 Å². The van der Waals surface area contributed by atoms with Gasteiger partial charge in [0.25, 0.3) is 5.91 Å². The van der Waals surface area contributed by atoms with E-state index in [2.05, 4.69) is 24.0 Å². The number of rotatable bonds is 1. The topological polar surface area (TPSA) is 29.5 Å². The van der Waals surface area contributed by atoms with Crippen molar-refractivity contribution in [1.82, 2.24) is 4.90 Å². The Kier molecular flexibility index (Phi) is 4.11. The van der Waals surface area contributed by atoms with Crippen molar-refractivity contribution in [2.45, 2.75) is 13.0 Å². The molecular formula is C19H17NO2. The van der Waals surface area contributed by atoms with Crippen LogP contribution in [0, 0.1) is 11.8 Å². The minimum atomic E-state index is -0.127. The van der Waals surface area contributed by atoms with Crippen LogP contribution in [0.3, 0.4) is 0 Å². The van der Waals surface area contributed by atoms with E-state index < -0.39 is 0 Å². The summed E-state index contributed by atoms with van der Waals surface area (Å²) in [5.41, 5.74) is 3.32. The van der Waals surface area contributed by atoms with Crippen LogP contribution >= 0.6 is 0 Å². The number of carbonyl (C=O) groups is 1. The SMILES string of the molecule is COc1cccc(C#CC(=O)N2CCc3ccccc3C2)c1. The van der Waals surface area contributed by atoms with Crippen molar-refractivity contribution in [2.24, 2.45) is 0 Å². The largest absolute Gasteiger partial charge is 0.497 e. The molecule has 3 rings (SSSR count). The summed E-state index contributed by atoms with van der Waals surface area (Å²) in [6.07, 6.45) is 0.892. The number of nitrogens with zero attached hydrogens (tertiary/aromatic N) is 1. The first-order chi connectivity index (χ1) is 10.8. The van der Waals surface area contributed by atoms with Crippen LogP contribution in [0.25, 0.3) is 0 Å². The summed E-state index contributed by atoms with van der Waals surface area (Å²) in [7, 11) is 1.61. The lowest BCUT2D eigenvalue weighted by atomic mass is 10.00. The van der Waals surface area contributed by atoms with Crippen molar-refractivity contribution in [1.29, 1.82) is 0 Å². The normalized spacial score (nSPS) is 12.9. The molecule has 1 aliphatic heterocycles. The van der Waals surface area contributed by atoms with Crippen molar-refractivity contribution < 1.29 is 9.53 Å². The smallest absolute Gasteiger partial charge is 0.299 e. The molecule has 0 spiro atoms. The van der Waals surface area contributed by atoms with Gasteiger partial charge < -0.3 is 9.64 Å². The summed E-state index contributed by atoms with van der Waals surface area (Å²) in [5.74, 6) is 6.27. The molecule has 0 N–H and O–H groups in total. The Hall–Kier alpha value is -2.73. The van der Waals surface area contributed by atoms with Crippen molar-refractivity contribution in [3.63, 3.8) is 0 Å². The fourth-order valence-corrected chi connectivity index (χ4v) is 2.57. The zero-order valence-electron chi connectivity index (χ0n) is 12.5. The van der Waals surface area contributed by atoms with E-state index in [1.165, 1.54) is 11.1 Å². The van der Waals surface area contributed by atoms with Crippen molar-refractivity contribution in [3.8, 4) is 17.6 Å². The molecule has 22 heavy (non-hydrogen) atoms. The number of benzene rings is 2. The number of fused-ring (bicyclic) bond motifs is 1. The van der Waals surface area contributed by atoms with Crippen LogP contribution in [-0.2, 0) is 17.8 Å². The Bertz CT molecular complexity index is 755. The summed E-state index contributed by atoms with van der Waals surface area (Å²) < 4.78 is 5.15. The third-order valence-electron chi connectivity index (χ3n) is 3.80. The highest BCUT2D eigenvalue weighted by Gasteiger charge is 2.18. The molecule has 0 saturated heterocycles. The van der Waals surface area contributed by atoms with Crippen molar-refractivity contribution in [3.05, 3.63) is 65.2 Å². The fourth-order valence-electron chi connectivity index (χ4n) is 2.57. The molecule has 0 fully saturated rings. The standard InChI is InChI=1S/C19H17NO2/c1-22-18-8-4-5-15(13-18)9-10-19(21)20-12-11-16-6-2-3-7-17(16)14-20/h2-8,13H,11-12,14H2,1H3. The maximum Gasteiger partial charge on any atom is 0.299 e. The highest BCUT2D eigenvalue weighted by molar-refractivity contribution is 5.94. The summed E-state index contributed by atoms with van der Waals surface area (Å²) in [5, 5.41) is 0. The second-order valence-electron chi connectivity index (χ2n) is 5.23. The van der Waals surface area contributed by atoms with Gasteiger partial charge in [0, 0.05) is 24.6 Å².